The van der Waals surface area contributed by atoms with E-state index in [1.54, 1.807) is 11.3 Å². The molecule has 2 aromatic rings. The maximum absolute atomic E-state index is 10.9. The van der Waals surface area contributed by atoms with Crippen molar-refractivity contribution in [1.82, 2.24) is 0 Å². The third-order valence-corrected chi connectivity index (χ3v) is 3.78. The average molecular weight is 269 g/mol. The fraction of sp³-hybridized carbons (Fsp3) is 0.182. The summed E-state index contributed by atoms with van der Waals surface area (Å²) in [7, 11) is 0. The van der Waals surface area contributed by atoms with Crippen LogP contribution >= 0.6 is 27.3 Å². The predicted molar refractivity (Wildman–Crippen MR) is 64.6 cm³/mol. The smallest absolute Gasteiger partial charge is 0.150 e. The number of benzene rings is 1. The van der Waals surface area contributed by atoms with Crippen LogP contribution in [0, 0.1) is 6.92 Å². The molecule has 1 nitrogen and oxygen atoms in total. The van der Waals surface area contributed by atoms with Gasteiger partial charge >= 0.3 is 0 Å². The molecule has 0 saturated carbocycles. The van der Waals surface area contributed by atoms with Crippen molar-refractivity contribution in [3.63, 3.8) is 0 Å². The van der Waals surface area contributed by atoms with E-state index in [1.165, 1.54) is 10.3 Å². The number of aryl methyl sites for hydroxylation is 1. The van der Waals surface area contributed by atoms with Crippen molar-refractivity contribution >= 4 is 43.6 Å². The van der Waals surface area contributed by atoms with Crippen LogP contribution in [-0.2, 0) is 5.33 Å². The molecule has 3 heteroatoms. The zero-order chi connectivity index (χ0) is 10.1. The van der Waals surface area contributed by atoms with E-state index in [-0.39, 0.29) is 0 Å². The third-order valence-electron chi connectivity index (χ3n) is 2.20. The first kappa shape index (κ1) is 9.87. The molecule has 1 heterocycles. The fourth-order valence-corrected chi connectivity index (χ4v) is 3.35. The van der Waals surface area contributed by atoms with Gasteiger partial charge in [-0.25, -0.2) is 0 Å². The predicted octanol–water partition coefficient (Wildman–Crippen LogP) is 3.92. The van der Waals surface area contributed by atoms with E-state index >= 15 is 0 Å². The van der Waals surface area contributed by atoms with Gasteiger partial charge in [0.15, 0.2) is 6.29 Å². The maximum Gasteiger partial charge on any atom is 0.150 e. The van der Waals surface area contributed by atoms with Crippen LogP contribution in [0.25, 0.3) is 10.1 Å². The summed E-state index contributed by atoms with van der Waals surface area (Å²) in [6, 6.07) is 4.06. The van der Waals surface area contributed by atoms with Crippen LogP contribution < -0.4 is 0 Å². The van der Waals surface area contributed by atoms with Gasteiger partial charge in [-0.3, -0.25) is 4.79 Å². The highest BCUT2D eigenvalue weighted by Crippen LogP contribution is 2.30. The molecule has 1 aromatic heterocycles. The lowest BCUT2D eigenvalue weighted by Crippen LogP contribution is -1.85. The summed E-state index contributed by atoms with van der Waals surface area (Å²) < 4.78 is 1.20. The Morgan fingerprint density at radius 3 is 2.93 bits per heavy atom. The van der Waals surface area contributed by atoms with Crippen LogP contribution in [0.3, 0.4) is 0 Å². The Bertz CT molecular complexity index is 487. The van der Waals surface area contributed by atoms with Gasteiger partial charge in [0.25, 0.3) is 0 Å². The molecule has 0 amide bonds. The van der Waals surface area contributed by atoms with Gasteiger partial charge in [0.1, 0.15) is 0 Å². The van der Waals surface area contributed by atoms with E-state index in [0.29, 0.717) is 0 Å². The first-order chi connectivity index (χ1) is 6.76. The quantitative estimate of drug-likeness (QED) is 0.596. The van der Waals surface area contributed by atoms with Gasteiger partial charge in [0, 0.05) is 21.0 Å². The second-order valence-corrected chi connectivity index (χ2v) is 4.71. The number of halogens is 1. The number of thiophene rings is 1. The van der Waals surface area contributed by atoms with Crippen LogP contribution in [0.1, 0.15) is 21.5 Å². The number of carbonyl (C=O) groups is 1. The molecule has 0 N–H and O–H groups in total. The molecule has 72 valence electrons. The number of hydrogen-bond acceptors (Lipinski definition) is 2. The molecule has 0 fully saturated rings. The highest BCUT2D eigenvalue weighted by molar-refractivity contribution is 9.08. The molecule has 1 aromatic carbocycles. The lowest BCUT2D eigenvalue weighted by Gasteiger charge is -2.00. The highest BCUT2D eigenvalue weighted by atomic mass is 79.9. The van der Waals surface area contributed by atoms with Gasteiger partial charge in [-0.15, -0.1) is 11.3 Å². The molecule has 0 bridgehead atoms. The zero-order valence-electron chi connectivity index (χ0n) is 7.71. The number of rotatable bonds is 2. The first-order valence-corrected chi connectivity index (χ1v) is 6.28. The number of aldehydes is 1. The number of fused-ring (bicyclic) bond motifs is 1. The van der Waals surface area contributed by atoms with Crippen LogP contribution in [0.15, 0.2) is 17.5 Å². The Balaban J connectivity index is 2.85. The molecule has 0 aliphatic heterocycles. The van der Waals surface area contributed by atoms with E-state index in [9.17, 15) is 4.79 Å². The van der Waals surface area contributed by atoms with Crippen LogP contribution in [0.5, 0.6) is 0 Å². The lowest BCUT2D eigenvalue weighted by atomic mass is 10.1. The van der Waals surface area contributed by atoms with E-state index < -0.39 is 0 Å². The summed E-state index contributed by atoms with van der Waals surface area (Å²) in [6.45, 7) is 2.01. The van der Waals surface area contributed by atoms with Gasteiger partial charge < -0.3 is 0 Å². The standard InChI is InChI=1S/C11H9BrOS/c1-7-2-8(5-13)11-9(4-12)6-14-10(11)3-7/h2-3,5-6H,4H2,1H3. The summed E-state index contributed by atoms with van der Waals surface area (Å²) in [5, 5.41) is 4.01. The van der Waals surface area contributed by atoms with E-state index in [4.69, 9.17) is 0 Å². The van der Waals surface area contributed by atoms with Crippen molar-refractivity contribution in [3.05, 3.63) is 34.2 Å². The van der Waals surface area contributed by atoms with E-state index in [1.807, 2.05) is 13.0 Å². The van der Waals surface area contributed by atoms with Gasteiger partial charge in [0.05, 0.1) is 0 Å². The van der Waals surface area contributed by atoms with Gasteiger partial charge in [-0.2, -0.15) is 0 Å². The Kier molecular flexibility index (Phi) is 2.70. The van der Waals surface area contributed by atoms with Gasteiger partial charge in [-0.1, -0.05) is 15.9 Å². The van der Waals surface area contributed by atoms with Crippen molar-refractivity contribution < 1.29 is 4.79 Å². The Morgan fingerprint density at radius 1 is 1.50 bits per heavy atom. The molecule has 0 atom stereocenters. The minimum absolute atomic E-state index is 0.802. The molecule has 0 saturated heterocycles. The third kappa shape index (κ3) is 1.51. The summed E-state index contributed by atoms with van der Waals surface area (Å²) in [5.74, 6) is 0. The molecule has 0 unspecified atom stereocenters. The van der Waals surface area contributed by atoms with Crippen molar-refractivity contribution in [3.8, 4) is 0 Å². The second-order valence-electron chi connectivity index (χ2n) is 3.24. The highest BCUT2D eigenvalue weighted by Gasteiger charge is 2.08. The number of alkyl halides is 1. The summed E-state index contributed by atoms with van der Waals surface area (Å²) >= 11 is 5.12. The average Bonchev–Trinajstić information content (AvgIpc) is 2.59. The molecule has 14 heavy (non-hydrogen) atoms. The summed E-state index contributed by atoms with van der Waals surface area (Å²) in [4.78, 5) is 10.9. The van der Waals surface area contributed by atoms with Crippen LogP contribution in [-0.4, -0.2) is 6.29 Å². The van der Waals surface area contributed by atoms with E-state index in [2.05, 4.69) is 27.4 Å². The Morgan fingerprint density at radius 2 is 2.29 bits per heavy atom. The topological polar surface area (TPSA) is 17.1 Å². The summed E-state index contributed by atoms with van der Waals surface area (Å²) in [5.41, 5.74) is 3.14. The van der Waals surface area contributed by atoms with Crippen molar-refractivity contribution in [2.45, 2.75) is 12.3 Å². The molecule has 2 rings (SSSR count). The Hall–Kier alpha value is -0.670. The SMILES string of the molecule is Cc1cc(C=O)c2c(CBr)csc2c1. The minimum Gasteiger partial charge on any atom is -0.298 e. The van der Waals surface area contributed by atoms with Crippen molar-refractivity contribution in [2.75, 3.05) is 0 Å². The zero-order valence-corrected chi connectivity index (χ0v) is 10.1. The number of carbonyl (C=O) groups excluding carboxylic acids is 1. The molecule has 0 spiro atoms. The molecule has 0 aliphatic rings. The van der Waals surface area contributed by atoms with Crippen molar-refractivity contribution in [1.29, 1.82) is 0 Å². The largest absolute Gasteiger partial charge is 0.298 e. The molecule has 0 aliphatic carbocycles. The monoisotopic (exact) mass is 268 g/mol. The van der Waals surface area contributed by atoms with Crippen molar-refractivity contribution in [2.24, 2.45) is 0 Å². The normalized spacial score (nSPS) is 10.7. The van der Waals surface area contributed by atoms with Crippen LogP contribution in [0.4, 0.5) is 0 Å². The fourth-order valence-electron chi connectivity index (χ4n) is 1.60. The molecular weight excluding hydrogens is 260 g/mol. The maximum atomic E-state index is 10.9. The van der Waals surface area contributed by atoms with Crippen LogP contribution in [0.2, 0.25) is 0 Å². The Labute approximate surface area is 94.9 Å². The number of hydrogen-bond donors (Lipinski definition) is 0. The van der Waals surface area contributed by atoms with E-state index in [0.717, 1.165) is 28.1 Å². The minimum atomic E-state index is 0.802. The molecule has 0 radical (unpaired) electrons. The van der Waals surface area contributed by atoms with Gasteiger partial charge in [0.2, 0.25) is 0 Å². The second kappa shape index (κ2) is 3.83. The summed E-state index contributed by atoms with van der Waals surface area (Å²) in [6.07, 6.45) is 0.939. The lowest BCUT2D eigenvalue weighted by molar-refractivity contribution is 0.112. The molecular formula is C11H9BrOS. The van der Waals surface area contributed by atoms with Gasteiger partial charge in [-0.05, 0) is 35.6 Å². The first-order valence-electron chi connectivity index (χ1n) is 4.28.